The van der Waals surface area contributed by atoms with Crippen molar-refractivity contribution < 1.29 is 32.7 Å². The number of carbonyl (C=O) groups is 4. The fourth-order valence-electron chi connectivity index (χ4n) is 11.2. The number of aromatic nitrogens is 5. The quantitative estimate of drug-likeness (QED) is 0.204. The Bertz CT molecular complexity index is 2390. The van der Waals surface area contributed by atoms with Crippen LogP contribution in [0, 0.1) is 17.3 Å². The summed E-state index contributed by atoms with van der Waals surface area (Å²) in [6, 6.07) is 7.44. The molecular weight excluding hydrogens is 813 g/mol. The van der Waals surface area contributed by atoms with E-state index in [9.17, 15) is 28.0 Å². The molecule has 1 saturated carbocycles. The lowest BCUT2D eigenvalue weighted by atomic mass is 9.71. The molecule has 1 aromatic carbocycles. The largest absolute Gasteiger partial charge is 0.378 e. The van der Waals surface area contributed by atoms with Crippen LogP contribution in [0.5, 0.6) is 0 Å². The third kappa shape index (κ3) is 8.09. The van der Waals surface area contributed by atoms with Crippen molar-refractivity contribution >= 4 is 40.8 Å². The molecule has 10 rings (SSSR count). The van der Waals surface area contributed by atoms with Crippen molar-refractivity contribution in [3.63, 3.8) is 0 Å². The second-order valence-corrected chi connectivity index (χ2v) is 18.6. The minimum absolute atomic E-state index is 0.00398. The number of anilines is 2. The molecule has 3 aromatic heterocycles. The topological polar surface area (TPSA) is 163 Å². The number of fused-ring (bicyclic) bond motifs is 2. The van der Waals surface area contributed by atoms with Gasteiger partial charge in [0.05, 0.1) is 43.1 Å². The number of hydrogen-bond donors (Lipinski definition) is 2. The fraction of sp³-hybridized carbons (Fsp3) is 0.578. The molecule has 334 valence electrons. The van der Waals surface area contributed by atoms with E-state index >= 15 is 0 Å². The summed E-state index contributed by atoms with van der Waals surface area (Å²) >= 11 is 0. The van der Waals surface area contributed by atoms with E-state index in [2.05, 4.69) is 40.5 Å². The van der Waals surface area contributed by atoms with Crippen LogP contribution in [0.1, 0.15) is 107 Å². The van der Waals surface area contributed by atoms with E-state index in [4.69, 9.17) is 4.74 Å². The third-order valence-electron chi connectivity index (χ3n) is 14.7. The molecule has 2 N–H and O–H groups in total. The van der Waals surface area contributed by atoms with Gasteiger partial charge in [0.25, 0.3) is 18.2 Å². The normalized spacial score (nSPS) is 25.5. The van der Waals surface area contributed by atoms with Crippen LogP contribution in [0.4, 0.5) is 20.3 Å². The second kappa shape index (κ2) is 17.0. The summed E-state index contributed by atoms with van der Waals surface area (Å²) < 4.78 is 37.2. The molecule has 18 heteroatoms. The lowest BCUT2D eigenvalue weighted by Crippen LogP contribution is -2.60. The number of imide groups is 1. The van der Waals surface area contributed by atoms with Gasteiger partial charge in [0, 0.05) is 70.7 Å². The van der Waals surface area contributed by atoms with Crippen molar-refractivity contribution in [2.75, 3.05) is 82.8 Å². The number of amides is 4. The summed E-state index contributed by atoms with van der Waals surface area (Å²) in [6.07, 6.45) is 9.31. The molecule has 5 fully saturated rings. The molecule has 5 aliphatic heterocycles. The summed E-state index contributed by atoms with van der Waals surface area (Å²) in [7, 11) is 1.76. The highest BCUT2D eigenvalue weighted by atomic mass is 19.3. The molecule has 8 heterocycles. The highest BCUT2D eigenvalue weighted by Gasteiger charge is 2.47. The van der Waals surface area contributed by atoms with Gasteiger partial charge in [0.1, 0.15) is 11.4 Å². The number of carbonyl (C=O) groups excluding carboxylic acids is 4. The molecule has 6 aliphatic rings. The maximum absolute atomic E-state index is 14.3. The van der Waals surface area contributed by atoms with Crippen LogP contribution in [0.3, 0.4) is 0 Å². The number of hydrogen-bond acceptors (Lipinski definition) is 11. The van der Waals surface area contributed by atoms with E-state index in [1.165, 1.54) is 10.7 Å². The van der Waals surface area contributed by atoms with Gasteiger partial charge < -0.3 is 29.7 Å². The van der Waals surface area contributed by atoms with Crippen molar-refractivity contribution in [1.82, 2.24) is 44.4 Å². The summed E-state index contributed by atoms with van der Waals surface area (Å²) in [4.78, 5) is 65.1. The first kappa shape index (κ1) is 41.7. The number of morpholine rings is 1. The van der Waals surface area contributed by atoms with Gasteiger partial charge in [-0.1, -0.05) is 18.2 Å². The van der Waals surface area contributed by atoms with E-state index in [1.807, 2.05) is 24.3 Å². The Kier molecular flexibility index (Phi) is 11.2. The second-order valence-electron chi connectivity index (χ2n) is 18.6. The van der Waals surface area contributed by atoms with Gasteiger partial charge in [-0.15, -0.1) is 0 Å². The lowest BCUT2D eigenvalue weighted by Gasteiger charge is -2.54. The Balaban J connectivity index is 0.688. The minimum Gasteiger partial charge on any atom is -0.378 e. The number of likely N-dealkylation sites (tertiary alicyclic amines) is 2. The molecule has 2 atom stereocenters. The summed E-state index contributed by atoms with van der Waals surface area (Å²) in [5, 5.41) is 13.7. The summed E-state index contributed by atoms with van der Waals surface area (Å²) in [6.45, 7) is 8.72. The monoisotopic (exact) mass is 867 g/mol. The van der Waals surface area contributed by atoms with Crippen LogP contribution in [0.15, 0.2) is 42.9 Å². The Morgan fingerprint density at radius 2 is 1.78 bits per heavy atom. The lowest BCUT2D eigenvalue weighted by molar-refractivity contribution is -0.137. The van der Waals surface area contributed by atoms with Gasteiger partial charge in [-0.25, -0.2) is 18.3 Å². The van der Waals surface area contributed by atoms with E-state index < -0.39 is 23.9 Å². The predicted octanol–water partition coefficient (Wildman–Crippen LogP) is 4.50. The minimum atomic E-state index is -2.85. The first-order valence-corrected chi connectivity index (χ1v) is 22.6. The Hall–Kier alpha value is -5.33. The molecule has 1 aliphatic carbocycles. The summed E-state index contributed by atoms with van der Waals surface area (Å²) in [5.74, 6) is -0.368. The van der Waals surface area contributed by atoms with Crippen molar-refractivity contribution in [3.05, 3.63) is 70.8 Å². The van der Waals surface area contributed by atoms with Crippen LogP contribution < -0.4 is 15.5 Å². The molecule has 2 unspecified atom stereocenters. The number of benzene rings is 1. The zero-order valence-electron chi connectivity index (χ0n) is 35.7. The molecular formula is C45H55F2N11O5. The highest BCUT2D eigenvalue weighted by Crippen LogP contribution is 2.44. The highest BCUT2D eigenvalue weighted by molar-refractivity contribution is 6.08. The number of halogens is 2. The molecule has 0 radical (unpaired) electrons. The molecule has 4 aromatic rings. The van der Waals surface area contributed by atoms with Crippen molar-refractivity contribution in [1.29, 1.82) is 0 Å². The van der Waals surface area contributed by atoms with Gasteiger partial charge in [-0.2, -0.15) is 10.2 Å². The fourth-order valence-corrected chi connectivity index (χ4v) is 11.2. The average Bonchev–Trinajstić information content (AvgIpc) is 3.97. The number of nitrogens with one attached hydrogen (secondary N) is 2. The van der Waals surface area contributed by atoms with Crippen LogP contribution >= 0.6 is 0 Å². The standard InChI is InChI=1S/C45H55F2N11O5/c1-53-39(32-9-10-36(59)51-42(32)60)31-4-2-3-29(37(31)44(53)62)11-15-55-26-45(27-55)13-17-54(18-14-45)24-28-5-7-30(8-6-28)58-25-34(38(52-58)40(46)47)49-43(61)33-23-48-57-16-12-35(50-41(33)57)56-19-21-63-22-20-56/h2-4,12,16,23,25,28,30,32,39-40H,5-11,13-15,17-22,24,26-27H2,1H3,(H,49,61)(H,51,59,60). The number of nitrogens with zero attached hydrogens (tertiary/aromatic N) is 9. The SMILES string of the molecule is CN1C(=O)c2c(CCN3CC4(CCN(CC5CCC(n6cc(NC(=O)c7cnn8ccc(N9CCOCC9)nc78)c(C(F)F)n6)CC5)CC4)C3)cccc2C1C1CCC(=O)NC1=O. The molecule has 63 heavy (non-hydrogen) atoms. The number of piperidine rings is 2. The molecule has 4 amide bonds. The Labute approximate surface area is 364 Å². The van der Waals surface area contributed by atoms with Crippen LogP contribution in [-0.2, 0) is 20.7 Å². The van der Waals surface area contributed by atoms with Gasteiger partial charge in [0.15, 0.2) is 11.3 Å². The molecule has 16 nitrogen and oxygen atoms in total. The zero-order valence-corrected chi connectivity index (χ0v) is 35.7. The van der Waals surface area contributed by atoms with Gasteiger partial charge >= 0.3 is 0 Å². The first-order chi connectivity index (χ1) is 30.5. The molecule has 0 bridgehead atoms. The van der Waals surface area contributed by atoms with E-state index in [0.29, 0.717) is 55.5 Å². The third-order valence-corrected chi connectivity index (χ3v) is 14.7. The number of alkyl halides is 2. The number of rotatable bonds is 11. The zero-order chi connectivity index (χ0) is 43.4. The van der Waals surface area contributed by atoms with Crippen molar-refractivity contribution in [3.8, 4) is 0 Å². The smallest absolute Gasteiger partial charge is 0.284 e. The van der Waals surface area contributed by atoms with Crippen LogP contribution in [0.2, 0.25) is 0 Å². The van der Waals surface area contributed by atoms with E-state index in [-0.39, 0.29) is 47.5 Å². The Morgan fingerprint density at radius 1 is 1.00 bits per heavy atom. The van der Waals surface area contributed by atoms with Gasteiger partial charge in [-0.05, 0) is 93.0 Å². The predicted molar refractivity (Wildman–Crippen MR) is 228 cm³/mol. The van der Waals surface area contributed by atoms with Crippen molar-refractivity contribution in [2.45, 2.75) is 76.3 Å². The molecule has 4 saturated heterocycles. The maximum Gasteiger partial charge on any atom is 0.284 e. The summed E-state index contributed by atoms with van der Waals surface area (Å²) in [5.41, 5.74) is 3.08. The molecule has 1 spiro atoms. The van der Waals surface area contributed by atoms with Crippen LogP contribution in [0.25, 0.3) is 5.65 Å². The van der Waals surface area contributed by atoms with Gasteiger partial charge in [0.2, 0.25) is 11.8 Å². The first-order valence-electron chi connectivity index (χ1n) is 22.6. The van der Waals surface area contributed by atoms with Crippen molar-refractivity contribution in [2.24, 2.45) is 17.3 Å². The average molecular weight is 868 g/mol. The maximum atomic E-state index is 14.3. The van der Waals surface area contributed by atoms with E-state index in [0.717, 1.165) is 101 Å². The number of ether oxygens (including phenoxy) is 1. The Morgan fingerprint density at radius 3 is 2.52 bits per heavy atom. The van der Waals surface area contributed by atoms with Crippen LogP contribution in [-0.4, -0.2) is 135 Å². The van der Waals surface area contributed by atoms with E-state index in [1.54, 1.807) is 29.0 Å². The van der Waals surface area contributed by atoms with Gasteiger partial charge in [-0.3, -0.25) is 29.2 Å².